The molecule has 0 radical (unpaired) electrons. The van der Waals surface area contributed by atoms with E-state index in [0.717, 1.165) is 24.2 Å². The van der Waals surface area contributed by atoms with E-state index in [4.69, 9.17) is 4.42 Å². The Balaban J connectivity index is 2.44. The molecule has 0 aromatic carbocycles. The van der Waals surface area contributed by atoms with E-state index in [2.05, 4.69) is 11.4 Å². The summed E-state index contributed by atoms with van der Waals surface area (Å²) in [6.07, 6.45) is 7.42. The van der Waals surface area contributed by atoms with Gasteiger partial charge >= 0.3 is 0 Å². The molecular weight excluding hydrogens is 166 g/mol. The highest BCUT2D eigenvalue weighted by Gasteiger charge is 2.17. The summed E-state index contributed by atoms with van der Waals surface area (Å²) in [5.74, 6) is 0.831. The van der Waals surface area contributed by atoms with Gasteiger partial charge in [0.05, 0.1) is 5.56 Å². The molecule has 0 fully saturated rings. The highest BCUT2D eigenvalue weighted by Crippen LogP contribution is 2.24. The fourth-order valence-corrected chi connectivity index (χ4v) is 1.51. The van der Waals surface area contributed by atoms with Crippen molar-refractivity contribution in [3.8, 4) is 0 Å². The molecule has 68 valence electrons. The van der Waals surface area contributed by atoms with Gasteiger partial charge in [-0.05, 0) is 6.42 Å². The summed E-state index contributed by atoms with van der Waals surface area (Å²) in [5, 5.41) is 2.58. The standard InChI is InChI=1S/C10H11NO2/c1-11-10(12)8-6-13-9-5-3-2-4-7(8)9/h2,4,6H,3,5H2,1H3,(H,11,12). The Hall–Kier alpha value is -1.51. The van der Waals surface area contributed by atoms with Crippen molar-refractivity contribution in [3.63, 3.8) is 0 Å². The van der Waals surface area contributed by atoms with E-state index in [1.54, 1.807) is 7.05 Å². The van der Waals surface area contributed by atoms with Crippen molar-refractivity contribution in [1.29, 1.82) is 0 Å². The molecule has 3 nitrogen and oxygen atoms in total. The van der Waals surface area contributed by atoms with E-state index in [1.165, 1.54) is 6.26 Å². The third-order valence-electron chi connectivity index (χ3n) is 2.20. The van der Waals surface area contributed by atoms with Crippen molar-refractivity contribution < 1.29 is 9.21 Å². The summed E-state index contributed by atoms with van der Waals surface area (Å²) in [6.45, 7) is 0. The summed E-state index contributed by atoms with van der Waals surface area (Å²) in [7, 11) is 1.62. The zero-order chi connectivity index (χ0) is 9.26. The first-order valence-electron chi connectivity index (χ1n) is 4.32. The lowest BCUT2D eigenvalue weighted by atomic mass is 10.0. The van der Waals surface area contributed by atoms with Crippen molar-refractivity contribution >= 4 is 12.0 Å². The first-order chi connectivity index (χ1) is 6.33. The van der Waals surface area contributed by atoms with Gasteiger partial charge in [0.15, 0.2) is 0 Å². The van der Waals surface area contributed by atoms with E-state index in [-0.39, 0.29) is 5.91 Å². The van der Waals surface area contributed by atoms with Crippen LogP contribution in [0.15, 0.2) is 16.8 Å². The van der Waals surface area contributed by atoms with Gasteiger partial charge < -0.3 is 9.73 Å². The normalized spacial score (nSPS) is 13.9. The summed E-state index contributed by atoms with van der Waals surface area (Å²) in [5.41, 5.74) is 1.57. The molecule has 13 heavy (non-hydrogen) atoms. The Bertz CT molecular complexity index is 363. The first-order valence-corrected chi connectivity index (χ1v) is 4.32. The first kappa shape index (κ1) is 8.10. The summed E-state index contributed by atoms with van der Waals surface area (Å²) < 4.78 is 5.30. The molecule has 1 aromatic rings. The number of carbonyl (C=O) groups excluding carboxylic acids is 1. The Morgan fingerprint density at radius 3 is 3.23 bits per heavy atom. The van der Waals surface area contributed by atoms with Gasteiger partial charge in [-0.15, -0.1) is 0 Å². The number of rotatable bonds is 1. The van der Waals surface area contributed by atoms with E-state index in [0.29, 0.717) is 5.56 Å². The molecule has 0 saturated heterocycles. The molecule has 0 atom stereocenters. The van der Waals surface area contributed by atoms with Gasteiger partial charge in [-0.3, -0.25) is 4.79 Å². The Kier molecular flexibility index (Phi) is 1.93. The molecule has 0 unspecified atom stereocenters. The minimum atomic E-state index is -0.0865. The van der Waals surface area contributed by atoms with Crippen LogP contribution in [0.5, 0.6) is 0 Å². The molecule has 1 N–H and O–H groups in total. The lowest BCUT2D eigenvalue weighted by Crippen LogP contribution is -2.18. The van der Waals surface area contributed by atoms with Crippen molar-refractivity contribution in [1.82, 2.24) is 5.32 Å². The Morgan fingerprint density at radius 1 is 1.62 bits per heavy atom. The summed E-state index contributed by atoms with van der Waals surface area (Å²) >= 11 is 0. The molecule has 1 amide bonds. The zero-order valence-corrected chi connectivity index (χ0v) is 7.46. The number of carbonyl (C=O) groups is 1. The van der Waals surface area contributed by atoms with Crippen LogP contribution in [0.4, 0.5) is 0 Å². The second-order valence-electron chi connectivity index (χ2n) is 3.01. The number of amides is 1. The van der Waals surface area contributed by atoms with Crippen molar-refractivity contribution in [2.24, 2.45) is 0 Å². The van der Waals surface area contributed by atoms with Gasteiger partial charge in [-0.2, -0.15) is 0 Å². The SMILES string of the molecule is CNC(=O)c1coc2c1C=CCC2. The van der Waals surface area contributed by atoms with Crippen LogP contribution < -0.4 is 5.32 Å². The topological polar surface area (TPSA) is 42.2 Å². The van der Waals surface area contributed by atoms with Gasteiger partial charge in [0.2, 0.25) is 0 Å². The average Bonchev–Trinajstić information content (AvgIpc) is 2.60. The maximum Gasteiger partial charge on any atom is 0.254 e. The highest BCUT2D eigenvalue weighted by molar-refractivity contribution is 5.97. The van der Waals surface area contributed by atoms with E-state index in [1.807, 2.05) is 6.08 Å². The number of furan rings is 1. The molecule has 0 saturated carbocycles. The minimum absolute atomic E-state index is 0.0865. The summed E-state index contributed by atoms with van der Waals surface area (Å²) in [4.78, 5) is 11.3. The van der Waals surface area contributed by atoms with Gasteiger partial charge in [-0.25, -0.2) is 0 Å². The maximum absolute atomic E-state index is 11.3. The minimum Gasteiger partial charge on any atom is -0.468 e. The predicted octanol–water partition coefficient (Wildman–Crippen LogP) is 1.60. The van der Waals surface area contributed by atoms with E-state index < -0.39 is 0 Å². The number of fused-ring (bicyclic) bond motifs is 1. The van der Waals surface area contributed by atoms with Crippen LogP contribution >= 0.6 is 0 Å². The average molecular weight is 177 g/mol. The molecule has 2 rings (SSSR count). The molecule has 1 aromatic heterocycles. The van der Waals surface area contributed by atoms with Crippen LogP contribution in [0.3, 0.4) is 0 Å². The van der Waals surface area contributed by atoms with Gasteiger partial charge in [0.1, 0.15) is 12.0 Å². The zero-order valence-electron chi connectivity index (χ0n) is 7.46. The van der Waals surface area contributed by atoms with E-state index in [9.17, 15) is 4.79 Å². The number of aryl methyl sites for hydroxylation is 1. The number of hydrogen-bond acceptors (Lipinski definition) is 2. The second-order valence-corrected chi connectivity index (χ2v) is 3.01. The molecular formula is C10H11NO2. The molecule has 3 heteroatoms. The fourth-order valence-electron chi connectivity index (χ4n) is 1.51. The Morgan fingerprint density at radius 2 is 2.46 bits per heavy atom. The van der Waals surface area contributed by atoms with Crippen LogP contribution in [0.2, 0.25) is 0 Å². The molecule has 1 heterocycles. The molecule has 0 bridgehead atoms. The second kappa shape index (κ2) is 3.09. The third kappa shape index (κ3) is 1.26. The van der Waals surface area contributed by atoms with Crippen LogP contribution in [0, 0.1) is 0 Å². The largest absolute Gasteiger partial charge is 0.468 e. The van der Waals surface area contributed by atoms with Crippen molar-refractivity contribution in [2.45, 2.75) is 12.8 Å². The summed E-state index contributed by atoms with van der Waals surface area (Å²) in [6, 6.07) is 0. The van der Waals surface area contributed by atoms with Crippen LogP contribution in [-0.2, 0) is 6.42 Å². The van der Waals surface area contributed by atoms with Gasteiger partial charge in [0.25, 0.3) is 5.91 Å². The molecule has 1 aliphatic rings. The molecule has 0 spiro atoms. The quantitative estimate of drug-likeness (QED) is 0.708. The molecule has 0 aliphatic heterocycles. The lowest BCUT2D eigenvalue weighted by molar-refractivity contribution is 0.0962. The fraction of sp³-hybridized carbons (Fsp3) is 0.300. The van der Waals surface area contributed by atoms with Gasteiger partial charge in [-0.1, -0.05) is 12.2 Å². The smallest absolute Gasteiger partial charge is 0.254 e. The number of hydrogen-bond donors (Lipinski definition) is 1. The van der Waals surface area contributed by atoms with Gasteiger partial charge in [0, 0.05) is 19.0 Å². The third-order valence-corrected chi connectivity index (χ3v) is 2.20. The van der Waals surface area contributed by atoms with Crippen molar-refractivity contribution in [3.05, 3.63) is 29.2 Å². The van der Waals surface area contributed by atoms with Crippen LogP contribution in [-0.4, -0.2) is 13.0 Å². The van der Waals surface area contributed by atoms with Crippen LogP contribution in [0.25, 0.3) is 6.08 Å². The maximum atomic E-state index is 11.3. The number of nitrogens with one attached hydrogen (secondary N) is 1. The predicted molar refractivity (Wildman–Crippen MR) is 49.5 cm³/mol. The Labute approximate surface area is 76.4 Å². The van der Waals surface area contributed by atoms with Crippen LogP contribution in [0.1, 0.15) is 28.1 Å². The van der Waals surface area contributed by atoms with Crippen molar-refractivity contribution in [2.75, 3.05) is 7.05 Å². The molecule has 1 aliphatic carbocycles. The lowest BCUT2D eigenvalue weighted by Gasteiger charge is -2.03. The van der Waals surface area contributed by atoms with E-state index >= 15 is 0 Å². The highest BCUT2D eigenvalue weighted by atomic mass is 16.3. The monoisotopic (exact) mass is 177 g/mol. The number of allylic oxidation sites excluding steroid dienone is 1.